The van der Waals surface area contributed by atoms with Gasteiger partial charge in [-0.25, -0.2) is 8.42 Å². The molecule has 1 aromatic heterocycles. The summed E-state index contributed by atoms with van der Waals surface area (Å²) in [6, 6.07) is 3.38. The van der Waals surface area contributed by atoms with Crippen LogP contribution in [-0.4, -0.2) is 50.6 Å². The van der Waals surface area contributed by atoms with E-state index in [9.17, 15) is 13.5 Å². The van der Waals surface area contributed by atoms with E-state index in [1.54, 1.807) is 17.5 Å². The Balaban J connectivity index is 0.00000133. The van der Waals surface area contributed by atoms with E-state index in [1.807, 2.05) is 0 Å². The van der Waals surface area contributed by atoms with E-state index in [0.717, 1.165) is 6.54 Å². The first-order valence-electron chi connectivity index (χ1n) is 5.94. The number of thiophene rings is 1. The fourth-order valence-electron chi connectivity index (χ4n) is 2.92. The minimum absolute atomic E-state index is 0. The standard InChI is InChI=1S/C11H16N2O3S2.ClH/c14-8-11-6-12-4-9(11)5-13(7-11)18(15,16)10-2-1-3-17-10;/h1-3,9,12,14H,4-8H2;1H. The second-order valence-electron chi connectivity index (χ2n) is 5.08. The Kier molecular flexibility index (Phi) is 4.25. The van der Waals surface area contributed by atoms with E-state index in [2.05, 4.69) is 5.32 Å². The first kappa shape index (κ1) is 15.2. The molecular formula is C11H17ClN2O3S2. The van der Waals surface area contributed by atoms with Gasteiger partial charge >= 0.3 is 0 Å². The molecule has 2 unspecified atom stereocenters. The van der Waals surface area contributed by atoms with Gasteiger partial charge in [0.1, 0.15) is 4.21 Å². The van der Waals surface area contributed by atoms with Crippen LogP contribution in [0.1, 0.15) is 0 Å². The van der Waals surface area contributed by atoms with Crippen LogP contribution in [0.15, 0.2) is 21.7 Å². The zero-order valence-electron chi connectivity index (χ0n) is 10.3. The maximum Gasteiger partial charge on any atom is 0.252 e. The lowest BCUT2D eigenvalue weighted by atomic mass is 9.82. The fraction of sp³-hybridized carbons (Fsp3) is 0.636. The quantitative estimate of drug-likeness (QED) is 0.843. The molecule has 0 amide bonds. The first-order valence-corrected chi connectivity index (χ1v) is 8.26. The Hall–Kier alpha value is -0.180. The predicted molar refractivity (Wildman–Crippen MR) is 76.2 cm³/mol. The molecule has 2 saturated heterocycles. The maximum absolute atomic E-state index is 12.4. The maximum atomic E-state index is 12.4. The molecule has 2 aliphatic rings. The number of halogens is 1. The summed E-state index contributed by atoms with van der Waals surface area (Å²) < 4.78 is 26.8. The highest BCUT2D eigenvalue weighted by Crippen LogP contribution is 2.41. The largest absolute Gasteiger partial charge is 0.396 e. The van der Waals surface area contributed by atoms with Crippen LogP contribution in [0.2, 0.25) is 0 Å². The minimum atomic E-state index is -3.37. The molecule has 0 saturated carbocycles. The minimum Gasteiger partial charge on any atom is -0.396 e. The second kappa shape index (κ2) is 5.31. The lowest BCUT2D eigenvalue weighted by molar-refractivity contribution is 0.130. The molecule has 0 aliphatic carbocycles. The fourth-order valence-corrected chi connectivity index (χ4v) is 5.64. The van der Waals surface area contributed by atoms with E-state index < -0.39 is 10.0 Å². The van der Waals surface area contributed by atoms with Crippen LogP contribution in [0, 0.1) is 11.3 Å². The number of nitrogens with zero attached hydrogens (tertiary/aromatic N) is 1. The van der Waals surface area contributed by atoms with Gasteiger partial charge in [-0.15, -0.1) is 23.7 Å². The van der Waals surface area contributed by atoms with Crippen molar-refractivity contribution in [3.8, 4) is 0 Å². The molecule has 0 radical (unpaired) electrons. The Morgan fingerprint density at radius 3 is 2.95 bits per heavy atom. The highest BCUT2D eigenvalue weighted by atomic mass is 35.5. The molecular weight excluding hydrogens is 308 g/mol. The van der Waals surface area contributed by atoms with E-state index in [4.69, 9.17) is 0 Å². The zero-order chi connectivity index (χ0) is 12.8. The van der Waals surface area contributed by atoms with Gasteiger partial charge in [-0.3, -0.25) is 0 Å². The number of sulfonamides is 1. The summed E-state index contributed by atoms with van der Waals surface area (Å²) in [4.78, 5) is 0. The van der Waals surface area contributed by atoms with Crippen molar-refractivity contribution in [2.24, 2.45) is 11.3 Å². The van der Waals surface area contributed by atoms with Crippen LogP contribution in [-0.2, 0) is 10.0 Å². The van der Waals surface area contributed by atoms with Gasteiger partial charge in [0, 0.05) is 25.0 Å². The van der Waals surface area contributed by atoms with Crippen molar-refractivity contribution in [3.63, 3.8) is 0 Å². The van der Waals surface area contributed by atoms with Crippen LogP contribution >= 0.6 is 23.7 Å². The number of aliphatic hydroxyl groups excluding tert-OH is 1. The van der Waals surface area contributed by atoms with Crippen LogP contribution in [0.4, 0.5) is 0 Å². The smallest absolute Gasteiger partial charge is 0.252 e. The van der Waals surface area contributed by atoms with Crippen LogP contribution in [0.5, 0.6) is 0 Å². The second-order valence-corrected chi connectivity index (χ2v) is 8.19. The Morgan fingerprint density at radius 2 is 2.37 bits per heavy atom. The van der Waals surface area contributed by atoms with Gasteiger partial charge in [-0.2, -0.15) is 4.31 Å². The van der Waals surface area contributed by atoms with Crippen LogP contribution < -0.4 is 5.32 Å². The van der Waals surface area contributed by atoms with Crippen molar-refractivity contribution >= 4 is 33.8 Å². The van der Waals surface area contributed by atoms with Gasteiger partial charge in [-0.1, -0.05) is 6.07 Å². The van der Waals surface area contributed by atoms with Gasteiger partial charge in [0.2, 0.25) is 0 Å². The third kappa shape index (κ3) is 2.32. The van der Waals surface area contributed by atoms with Gasteiger partial charge < -0.3 is 10.4 Å². The summed E-state index contributed by atoms with van der Waals surface area (Å²) in [6.07, 6.45) is 0. The van der Waals surface area contributed by atoms with E-state index in [1.165, 1.54) is 15.6 Å². The Morgan fingerprint density at radius 1 is 1.58 bits per heavy atom. The summed E-state index contributed by atoms with van der Waals surface area (Å²) in [7, 11) is -3.37. The van der Waals surface area contributed by atoms with Crippen molar-refractivity contribution < 1.29 is 13.5 Å². The average Bonchev–Trinajstić information content (AvgIpc) is 3.04. The monoisotopic (exact) mass is 324 g/mol. The third-order valence-electron chi connectivity index (χ3n) is 4.05. The highest BCUT2D eigenvalue weighted by Gasteiger charge is 2.52. The molecule has 2 fully saturated rings. The number of hydrogen-bond acceptors (Lipinski definition) is 5. The molecule has 3 rings (SSSR count). The molecule has 3 heterocycles. The van der Waals surface area contributed by atoms with Gasteiger partial charge in [0.15, 0.2) is 0 Å². The number of aliphatic hydroxyl groups is 1. The average molecular weight is 325 g/mol. The molecule has 0 spiro atoms. The molecule has 8 heteroatoms. The van der Waals surface area contributed by atoms with Gasteiger partial charge in [0.25, 0.3) is 10.0 Å². The van der Waals surface area contributed by atoms with Crippen molar-refractivity contribution in [2.75, 3.05) is 32.8 Å². The molecule has 5 nitrogen and oxygen atoms in total. The van der Waals surface area contributed by atoms with E-state index >= 15 is 0 Å². The molecule has 19 heavy (non-hydrogen) atoms. The molecule has 108 valence electrons. The van der Waals surface area contributed by atoms with Crippen molar-refractivity contribution in [1.82, 2.24) is 9.62 Å². The lowest BCUT2D eigenvalue weighted by Gasteiger charge is -2.24. The van der Waals surface area contributed by atoms with E-state index in [0.29, 0.717) is 23.8 Å². The third-order valence-corrected chi connectivity index (χ3v) is 7.24. The number of nitrogens with one attached hydrogen (secondary N) is 1. The molecule has 2 aliphatic heterocycles. The SMILES string of the molecule is Cl.O=S(=O)(c1cccs1)N1CC2CNCC2(CO)C1. The zero-order valence-corrected chi connectivity index (χ0v) is 12.7. The lowest BCUT2D eigenvalue weighted by Crippen LogP contribution is -2.37. The number of rotatable bonds is 3. The van der Waals surface area contributed by atoms with Gasteiger partial charge in [0.05, 0.1) is 6.61 Å². The Labute approximate surface area is 123 Å². The van der Waals surface area contributed by atoms with Crippen molar-refractivity contribution in [2.45, 2.75) is 4.21 Å². The normalized spacial score (nSPS) is 31.1. The summed E-state index contributed by atoms with van der Waals surface area (Å²) in [5, 5.41) is 14.6. The van der Waals surface area contributed by atoms with Gasteiger partial charge in [-0.05, 0) is 23.9 Å². The van der Waals surface area contributed by atoms with Crippen LogP contribution in [0.25, 0.3) is 0 Å². The summed E-state index contributed by atoms with van der Waals surface area (Å²) >= 11 is 1.24. The van der Waals surface area contributed by atoms with Crippen molar-refractivity contribution in [3.05, 3.63) is 17.5 Å². The summed E-state index contributed by atoms with van der Waals surface area (Å²) in [5.41, 5.74) is -0.287. The molecule has 2 atom stereocenters. The summed E-state index contributed by atoms with van der Waals surface area (Å²) in [5.74, 6) is 0.220. The Bertz CT molecular complexity index is 534. The van der Waals surface area contributed by atoms with Crippen LogP contribution in [0.3, 0.4) is 0 Å². The number of hydrogen-bond donors (Lipinski definition) is 2. The summed E-state index contributed by atoms with van der Waals surface area (Å²) in [6.45, 7) is 2.46. The molecule has 2 N–H and O–H groups in total. The van der Waals surface area contributed by atoms with E-state index in [-0.39, 0.29) is 30.3 Å². The number of fused-ring (bicyclic) bond motifs is 1. The highest BCUT2D eigenvalue weighted by molar-refractivity contribution is 7.91. The first-order chi connectivity index (χ1) is 8.58. The van der Waals surface area contributed by atoms with Crippen molar-refractivity contribution in [1.29, 1.82) is 0 Å². The topological polar surface area (TPSA) is 69.6 Å². The molecule has 0 aromatic carbocycles. The molecule has 0 bridgehead atoms. The predicted octanol–water partition coefficient (Wildman–Crippen LogP) is 0.372. The molecule has 1 aromatic rings.